The van der Waals surface area contributed by atoms with E-state index in [0.29, 0.717) is 19.3 Å². The summed E-state index contributed by atoms with van der Waals surface area (Å²) in [4.78, 5) is 25.9. The molecule has 0 aliphatic carbocycles. The first-order chi connectivity index (χ1) is 26.5. The number of ether oxygens (including phenoxy) is 1. The lowest BCUT2D eigenvalue weighted by atomic mass is 10.0. The molecule has 54 heavy (non-hydrogen) atoms. The molecule has 0 aliphatic rings. The highest BCUT2D eigenvalue weighted by atomic mass is 16.5. The van der Waals surface area contributed by atoms with Crippen LogP contribution in [0.25, 0.3) is 0 Å². The molecule has 0 spiro atoms. The van der Waals surface area contributed by atoms with Gasteiger partial charge in [0.05, 0.1) is 25.2 Å². The zero-order chi connectivity index (χ0) is 39.6. The predicted molar refractivity (Wildman–Crippen MR) is 232 cm³/mol. The quantitative estimate of drug-likeness (QED) is 0.0327. The van der Waals surface area contributed by atoms with Crippen molar-refractivity contribution in [3.05, 3.63) is 24.3 Å². The Labute approximate surface area is 335 Å². The molecule has 0 saturated carbocycles. The van der Waals surface area contributed by atoms with Crippen LogP contribution in [0, 0.1) is 0 Å². The number of esters is 1. The Balaban J connectivity index is 4.56. The summed E-state index contributed by atoms with van der Waals surface area (Å²) in [5.41, 5.74) is 0. The van der Waals surface area contributed by atoms with Gasteiger partial charge in [-0.2, -0.15) is 0 Å². The van der Waals surface area contributed by atoms with Gasteiger partial charge >= 0.3 is 5.97 Å². The molecule has 0 aromatic rings. The first kappa shape index (κ1) is 52.3. The Hall–Kier alpha value is -1.66. The maximum atomic E-state index is 13.1. The molecular weight excluding hydrogens is 671 g/mol. The van der Waals surface area contributed by atoms with Crippen LogP contribution in [-0.4, -0.2) is 46.9 Å². The number of unbranched alkanes of at least 4 members (excludes halogenated alkanes) is 26. The van der Waals surface area contributed by atoms with E-state index in [1.807, 2.05) is 0 Å². The molecule has 0 aliphatic heterocycles. The second kappa shape index (κ2) is 42.5. The number of rotatable bonds is 42. The normalized spacial score (nSPS) is 13.5. The number of hydrogen-bond donors (Lipinski definition) is 3. The summed E-state index contributed by atoms with van der Waals surface area (Å²) in [5.74, 6) is -0.477. The average molecular weight is 762 g/mol. The second-order valence-corrected chi connectivity index (χ2v) is 16.2. The number of carbonyl (C=O) groups excluding carboxylic acids is 2. The number of amides is 1. The Morgan fingerprint density at radius 3 is 1.44 bits per heavy atom. The van der Waals surface area contributed by atoms with Gasteiger partial charge in [-0.05, 0) is 57.8 Å². The number of hydrogen-bond acceptors (Lipinski definition) is 5. The highest BCUT2D eigenvalue weighted by molar-refractivity contribution is 5.77. The third-order valence-electron chi connectivity index (χ3n) is 10.8. The molecule has 3 atom stereocenters. The maximum Gasteiger partial charge on any atom is 0.306 e. The molecule has 0 rings (SSSR count). The highest BCUT2D eigenvalue weighted by Crippen LogP contribution is 2.18. The molecule has 0 radical (unpaired) electrons. The summed E-state index contributed by atoms with van der Waals surface area (Å²) in [6, 6.07) is -0.697. The maximum absolute atomic E-state index is 13.1. The molecule has 318 valence electrons. The van der Waals surface area contributed by atoms with E-state index in [4.69, 9.17) is 4.74 Å². The van der Waals surface area contributed by atoms with Crippen molar-refractivity contribution in [1.29, 1.82) is 0 Å². The standard InChI is InChI=1S/C48H91NO5/c1-4-7-10-13-16-19-20-21-22-23-24-25-26-29-30-33-36-39-44(54-48(53)41-38-35-32-28-18-15-12-9-6-3)42-47(52)49-45(43-50)46(51)40-37-34-31-27-17-14-11-8-5-2/h16,19,21-22,44-46,50-51H,4-15,17-18,20,23-43H2,1-3H3,(H,49,52)/b19-16-,22-21-. The van der Waals surface area contributed by atoms with Crippen LogP contribution in [-0.2, 0) is 14.3 Å². The van der Waals surface area contributed by atoms with Gasteiger partial charge in [0.2, 0.25) is 5.91 Å². The van der Waals surface area contributed by atoms with Crippen LogP contribution in [0.4, 0.5) is 0 Å². The average Bonchev–Trinajstić information content (AvgIpc) is 3.16. The smallest absolute Gasteiger partial charge is 0.306 e. The summed E-state index contributed by atoms with van der Waals surface area (Å²) in [7, 11) is 0. The van der Waals surface area contributed by atoms with Crippen molar-refractivity contribution in [3.8, 4) is 0 Å². The summed E-state index contributed by atoms with van der Waals surface area (Å²) in [6.07, 6.45) is 46.7. The van der Waals surface area contributed by atoms with Gasteiger partial charge in [0.25, 0.3) is 0 Å². The second-order valence-electron chi connectivity index (χ2n) is 16.2. The Kier molecular flexibility index (Phi) is 41.2. The van der Waals surface area contributed by atoms with Crippen LogP contribution in [0.2, 0.25) is 0 Å². The molecular formula is C48H91NO5. The van der Waals surface area contributed by atoms with Crippen LogP contribution < -0.4 is 5.32 Å². The Morgan fingerprint density at radius 1 is 0.537 bits per heavy atom. The number of carbonyl (C=O) groups is 2. The van der Waals surface area contributed by atoms with Gasteiger partial charge in [0.15, 0.2) is 0 Å². The SMILES string of the molecule is CCCCC/C=C\C/C=C\CCCCCCCCCC(CC(=O)NC(CO)C(O)CCCCCCCCCCC)OC(=O)CCCCCCCCCCC. The van der Waals surface area contributed by atoms with E-state index in [1.54, 1.807) is 0 Å². The number of allylic oxidation sites excluding steroid dienone is 4. The third kappa shape index (κ3) is 37.3. The van der Waals surface area contributed by atoms with E-state index in [2.05, 4.69) is 50.4 Å². The highest BCUT2D eigenvalue weighted by Gasteiger charge is 2.24. The molecule has 0 bridgehead atoms. The monoisotopic (exact) mass is 762 g/mol. The van der Waals surface area contributed by atoms with Crippen molar-refractivity contribution >= 4 is 11.9 Å². The topological polar surface area (TPSA) is 95.9 Å². The minimum Gasteiger partial charge on any atom is -0.462 e. The van der Waals surface area contributed by atoms with Crippen molar-refractivity contribution in [2.24, 2.45) is 0 Å². The molecule has 6 heteroatoms. The summed E-state index contributed by atoms with van der Waals surface area (Å²) in [5, 5.41) is 23.6. The van der Waals surface area contributed by atoms with Gasteiger partial charge in [-0.3, -0.25) is 9.59 Å². The number of aliphatic hydroxyl groups excluding tert-OH is 2. The van der Waals surface area contributed by atoms with Crippen molar-refractivity contribution < 1.29 is 24.5 Å². The lowest BCUT2D eigenvalue weighted by Crippen LogP contribution is -2.46. The number of aliphatic hydroxyl groups is 2. The molecule has 0 aromatic heterocycles. The van der Waals surface area contributed by atoms with Crippen molar-refractivity contribution in [1.82, 2.24) is 5.32 Å². The molecule has 0 saturated heterocycles. The summed E-state index contributed by atoms with van der Waals surface area (Å²) >= 11 is 0. The van der Waals surface area contributed by atoms with Crippen molar-refractivity contribution in [3.63, 3.8) is 0 Å². The van der Waals surface area contributed by atoms with E-state index in [0.717, 1.165) is 70.6 Å². The molecule has 0 fully saturated rings. The Morgan fingerprint density at radius 2 is 0.944 bits per heavy atom. The van der Waals surface area contributed by atoms with E-state index in [9.17, 15) is 19.8 Å². The molecule has 6 nitrogen and oxygen atoms in total. The van der Waals surface area contributed by atoms with E-state index in [1.165, 1.54) is 128 Å². The van der Waals surface area contributed by atoms with Gasteiger partial charge < -0.3 is 20.3 Å². The lowest BCUT2D eigenvalue weighted by molar-refractivity contribution is -0.151. The molecule has 3 unspecified atom stereocenters. The zero-order valence-corrected chi connectivity index (χ0v) is 36.1. The number of nitrogens with one attached hydrogen (secondary N) is 1. The third-order valence-corrected chi connectivity index (χ3v) is 10.8. The van der Waals surface area contributed by atoms with E-state index < -0.39 is 18.2 Å². The molecule has 1 amide bonds. The fourth-order valence-electron chi connectivity index (χ4n) is 7.17. The minimum atomic E-state index is -0.783. The first-order valence-corrected chi connectivity index (χ1v) is 23.6. The Bertz CT molecular complexity index is 858. The fraction of sp³-hybridized carbons (Fsp3) is 0.875. The van der Waals surface area contributed by atoms with Gasteiger partial charge in [-0.25, -0.2) is 0 Å². The van der Waals surface area contributed by atoms with E-state index in [-0.39, 0.29) is 24.9 Å². The van der Waals surface area contributed by atoms with Gasteiger partial charge in [-0.15, -0.1) is 0 Å². The predicted octanol–water partition coefficient (Wildman–Crippen LogP) is 13.6. The van der Waals surface area contributed by atoms with Crippen LogP contribution in [0.3, 0.4) is 0 Å². The first-order valence-electron chi connectivity index (χ1n) is 23.6. The molecule has 3 N–H and O–H groups in total. The van der Waals surface area contributed by atoms with E-state index >= 15 is 0 Å². The van der Waals surface area contributed by atoms with Gasteiger partial charge in [0, 0.05) is 6.42 Å². The zero-order valence-electron chi connectivity index (χ0n) is 36.1. The molecule has 0 heterocycles. The van der Waals surface area contributed by atoms with Crippen LogP contribution in [0.5, 0.6) is 0 Å². The summed E-state index contributed by atoms with van der Waals surface area (Å²) < 4.78 is 5.90. The van der Waals surface area contributed by atoms with Crippen LogP contribution in [0.15, 0.2) is 24.3 Å². The lowest BCUT2D eigenvalue weighted by Gasteiger charge is -2.24. The van der Waals surface area contributed by atoms with Crippen LogP contribution in [0.1, 0.15) is 245 Å². The largest absolute Gasteiger partial charge is 0.462 e. The van der Waals surface area contributed by atoms with Gasteiger partial charge in [0.1, 0.15) is 6.10 Å². The van der Waals surface area contributed by atoms with Crippen molar-refractivity contribution in [2.75, 3.05) is 6.61 Å². The van der Waals surface area contributed by atoms with Crippen molar-refractivity contribution in [2.45, 2.75) is 264 Å². The summed E-state index contributed by atoms with van der Waals surface area (Å²) in [6.45, 7) is 6.42. The van der Waals surface area contributed by atoms with Crippen LogP contribution >= 0.6 is 0 Å². The van der Waals surface area contributed by atoms with Gasteiger partial charge in [-0.1, -0.05) is 199 Å². The fourth-order valence-corrected chi connectivity index (χ4v) is 7.17. The molecule has 0 aromatic carbocycles. The minimum absolute atomic E-state index is 0.0763.